The molecule has 5 heteroatoms. The zero-order valence-corrected chi connectivity index (χ0v) is 18.1. The molecule has 2 atom stereocenters. The third-order valence-corrected chi connectivity index (χ3v) is 6.83. The number of morpholine rings is 1. The Balaban J connectivity index is 1.51. The lowest BCUT2D eigenvalue weighted by atomic mass is 9.83. The van der Waals surface area contributed by atoms with Crippen LogP contribution in [0.25, 0.3) is 21.7 Å². The Kier molecular flexibility index (Phi) is 4.56. The van der Waals surface area contributed by atoms with Crippen LogP contribution < -0.4 is 10.1 Å². The Bertz CT molecular complexity index is 1330. The number of benzene rings is 3. The van der Waals surface area contributed by atoms with Gasteiger partial charge in [0.1, 0.15) is 5.75 Å². The van der Waals surface area contributed by atoms with Gasteiger partial charge in [-0.2, -0.15) is 0 Å². The van der Waals surface area contributed by atoms with Crippen molar-refractivity contribution < 1.29 is 14.3 Å². The molecule has 3 heterocycles. The van der Waals surface area contributed by atoms with E-state index in [1.165, 1.54) is 0 Å². The van der Waals surface area contributed by atoms with Crippen molar-refractivity contribution in [3.63, 3.8) is 0 Å². The number of nitrogens with one attached hydrogen (secondary N) is 1. The summed E-state index contributed by atoms with van der Waals surface area (Å²) in [6.45, 7) is 4.65. The van der Waals surface area contributed by atoms with Gasteiger partial charge >= 0.3 is 0 Å². The number of nitrogens with zero attached hydrogens (tertiary/aromatic N) is 1. The molecule has 0 radical (unpaired) electrons. The van der Waals surface area contributed by atoms with E-state index in [1.807, 2.05) is 54.6 Å². The predicted octanol–water partition coefficient (Wildman–Crippen LogP) is 4.50. The molecule has 0 saturated carbocycles. The van der Waals surface area contributed by atoms with Gasteiger partial charge in [-0.1, -0.05) is 54.6 Å². The van der Waals surface area contributed by atoms with Crippen molar-refractivity contribution in [2.24, 2.45) is 0 Å². The summed E-state index contributed by atoms with van der Waals surface area (Å²) in [7, 11) is 0. The van der Waals surface area contributed by atoms with E-state index in [0.717, 1.165) is 39.7 Å². The number of fused-ring (bicyclic) bond motifs is 1. The maximum Gasteiger partial charge on any atom is 0.208 e. The van der Waals surface area contributed by atoms with E-state index >= 15 is 0 Å². The highest BCUT2D eigenvalue weighted by atomic mass is 16.5. The van der Waals surface area contributed by atoms with E-state index in [-0.39, 0.29) is 11.8 Å². The second-order valence-corrected chi connectivity index (χ2v) is 8.95. The summed E-state index contributed by atoms with van der Waals surface area (Å²) in [5, 5.41) is 6.69. The average molecular weight is 427 g/mol. The van der Waals surface area contributed by atoms with E-state index in [4.69, 9.17) is 9.47 Å². The van der Waals surface area contributed by atoms with Crippen LogP contribution in [0, 0.1) is 6.92 Å². The molecule has 2 aliphatic rings. The Morgan fingerprint density at radius 2 is 1.91 bits per heavy atom. The Hall–Kier alpha value is -3.15. The summed E-state index contributed by atoms with van der Waals surface area (Å²) in [5.41, 5.74) is 1.89. The van der Waals surface area contributed by atoms with E-state index in [1.54, 1.807) is 0 Å². The molecular weight excluding hydrogens is 400 g/mol. The van der Waals surface area contributed by atoms with Gasteiger partial charge in [-0.05, 0) is 29.8 Å². The topological polar surface area (TPSA) is 52.5 Å². The van der Waals surface area contributed by atoms with Gasteiger partial charge in [0.15, 0.2) is 5.60 Å². The summed E-state index contributed by atoms with van der Waals surface area (Å²) in [6, 6.07) is 22.3. The van der Waals surface area contributed by atoms with Gasteiger partial charge < -0.3 is 19.4 Å². The van der Waals surface area contributed by atoms with Crippen molar-refractivity contribution in [2.75, 3.05) is 19.8 Å². The minimum Gasteiger partial charge on any atom is -0.475 e. The molecule has 32 heavy (non-hydrogen) atoms. The number of Topliss-reactive ketones (excluding diaryl/α,β-unsaturated/α-hetero) is 1. The van der Waals surface area contributed by atoms with Crippen molar-refractivity contribution in [1.82, 2.24) is 9.88 Å². The molecule has 162 valence electrons. The Morgan fingerprint density at radius 1 is 1.09 bits per heavy atom. The molecule has 0 amide bonds. The number of para-hydroxylation sites is 1. The van der Waals surface area contributed by atoms with Crippen LogP contribution in [0.4, 0.5) is 0 Å². The molecule has 6 rings (SSSR count). The molecule has 1 aromatic heterocycles. The Labute approximate surface area is 186 Å². The van der Waals surface area contributed by atoms with Crippen molar-refractivity contribution >= 4 is 27.5 Å². The summed E-state index contributed by atoms with van der Waals surface area (Å²) in [5.74, 6) is 0.796. The number of hydrogen-bond donors (Lipinski definition) is 1. The van der Waals surface area contributed by atoms with E-state index in [0.29, 0.717) is 31.7 Å². The van der Waals surface area contributed by atoms with Crippen LogP contribution in [0.5, 0.6) is 5.75 Å². The molecule has 0 bridgehead atoms. The number of ketones is 1. The van der Waals surface area contributed by atoms with Crippen molar-refractivity contribution in [3.05, 3.63) is 78.0 Å². The molecule has 0 spiro atoms. The third kappa shape index (κ3) is 3.04. The van der Waals surface area contributed by atoms with Gasteiger partial charge in [-0.3, -0.25) is 4.79 Å². The van der Waals surface area contributed by atoms with Crippen molar-refractivity contribution in [3.8, 4) is 5.75 Å². The largest absolute Gasteiger partial charge is 0.475 e. The monoisotopic (exact) mass is 426 g/mol. The second-order valence-electron chi connectivity index (χ2n) is 8.95. The van der Waals surface area contributed by atoms with Gasteiger partial charge in [-0.15, -0.1) is 0 Å². The predicted molar refractivity (Wildman–Crippen MR) is 126 cm³/mol. The molecule has 3 aromatic carbocycles. The van der Waals surface area contributed by atoms with Crippen LogP contribution in [-0.4, -0.2) is 41.8 Å². The minimum absolute atomic E-state index is 0.0254. The number of carbonyl (C=O) groups excluding carboxylic acids is 1. The molecule has 2 aliphatic heterocycles. The zero-order valence-electron chi connectivity index (χ0n) is 18.1. The van der Waals surface area contributed by atoms with Crippen LogP contribution in [0.1, 0.15) is 22.5 Å². The number of aryl methyl sites for hydroxylation is 1. The summed E-state index contributed by atoms with van der Waals surface area (Å²) in [4.78, 5) is 14.4. The van der Waals surface area contributed by atoms with Crippen LogP contribution in [-0.2, 0) is 11.3 Å². The van der Waals surface area contributed by atoms with E-state index < -0.39 is 5.60 Å². The normalized spacial score (nSPS) is 22.7. The molecule has 0 aliphatic carbocycles. The zero-order chi connectivity index (χ0) is 21.7. The fourth-order valence-corrected chi connectivity index (χ4v) is 5.34. The lowest BCUT2D eigenvalue weighted by Gasteiger charge is -2.41. The smallest absolute Gasteiger partial charge is 0.208 e. The van der Waals surface area contributed by atoms with Crippen LogP contribution in [0.3, 0.4) is 0 Å². The van der Waals surface area contributed by atoms with Crippen LogP contribution in [0.2, 0.25) is 0 Å². The highest BCUT2D eigenvalue weighted by molar-refractivity contribution is 6.12. The summed E-state index contributed by atoms with van der Waals surface area (Å²) in [6.07, 6.45) is 0.544. The molecule has 1 saturated heterocycles. The van der Waals surface area contributed by atoms with Gasteiger partial charge in [0.05, 0.1) is 25.3 Å². The highest BCUT2D eigenvalue weighted by Gasteiger charge is 2.47. The van der Waals surface area contributed by atoms with Crippen LogP contribution >= 0.6 is 0 Å². The SMILES string of the molecule is Cc1cc2cccc3c2n1C[C@](CC1COCCN1)(C(=O)c1cccc2ccccc12)O3. The lowest BCUT2D eigenvalue weighted by Crippen LogP contribution is -2.56. The Morgan fingerprint density at radius 3 is 2.78 bits per heavy atom. The van der Waals surface area contributed by atoms with Gasteiger partial charge in [-0.25, -0.2) is 0 Å². The molecule has 4 aromatic rings. The lowest BCUT2D eigenvalue weighted by molar-refractivity contribution is 0.00450. The summed E-state index contributed by atoms with van der Waals surface area (Å²) >= 11 is 0. The highest BCUT2D eigenvalue weighted by Crippen LogP contribution is 2.41. The van der Waals surface area contributed by atoms with E-state index in [9.17, 15) is 4.79 Å². The maximum atomic E-state index is 14.4. The van der Waals surface area contributed by atoms with Crippen molar-refractivity contribution in [1.29, 1.82) is 0 Å². The molecule has 5 nitrogen and oxygen atoms in total. The van der Waals surface area contributed by atoms with Gasteiger partial charge in [0.25, 0.3) is 0 Å². The number of ether oxygens (including phenoxy) is 2. The van der Waals surface area contributed by atoms with Crippen LogP contribution in [0.15, 0.2) is 66.7 Å². The maximum absolute atomic E-state index is 14.4. The first-order valence-electron chi connectivity index (χ1n) is 11.3. The number of rotatable bonds is 4. The standard InChI is InChI=1S/C27H26N2O3/c1-18-14-20-8-5-11-24-25(20)29(18)17-27(32-24,15-21-16-31-13-12-28-21)26(30)23-10-4-7-19-6-2-3-9-22(19)23/h2-11,14,21,28H,12-13,15-17H2,1H3/t21?,27-/m1/s1. The number of aromatic nitrogens is 1. The fourth-order valence-electron chi connectivity index (χ4n) is 5.34. The summed E-state index contributed by atoms with van der Waals surface area (Å²) < 4.78 is 14.7. The second kappa shape index (κ2) is 7.47. The molecule has 1 N–H and O–H groups in total. The average Bonchev–Trinajstić information content (AvgIpc) is 3.15. The van der Waals surface area contributed by atoms with Crippen molar-refractivity contribution in [2.45, 2.75) is 31.5 Å². The first-order chi connectivity index (χ1) is 15.6. The first kappa shape index (κ1) is 19.5. The third-order valence-electron chi connectivity index (χ3n) is 6.83. The first-order valence-corrected chi connectivity index (χ1v) is 11.3. The van der Waals surface area contributed by atoms with E-state index in [2.05, 4.69) is 28.9 Å². The van der Waals surface area contributed by atoms with Gasteiger partial charge in [0.2, 0.25) is 5.78 Å². The number of carbonyl (C=O) groups is 1. The molecule has 1 unspecified atom stereocenters. The van der Waals surface area contributed by atoms with Gasteiger partial charge in [0, 0.05) is 35.7 Å². The minimum atomic E-state index is -1.02. The fraction of sp³-hybridized carbons (Fsp3) is 0.296. The molecule has 1 fully saturated rings. The quantitative estimate of drug-likeness (QED) is 0.489. The molecular formula is C27H26N2O3. The number of hydrogen-bond acceptors (Lipinski definition) is 4.